The molecule has 2 aliphatic rings. The van der Waals surface area contributed by atoms with Gasteiger partial charge in [-0.25, -0.2) is 4.98 Å². The summed E-state index contributed by atoms with van der Waals surface area (Å²) < 4.78 is 0. The summed E-state index contributed by atoms with van der Waals surface area (Å²) in [6, 6.07) is 15.7. The second kappa shape index (κ2) is 13.1. The number of piperazine rings is 1. The van der Waals surface area contributed by atoms with E-state index in [1.165, 1.54) is 18.4 Å². The Kier molecular flexibility index (Phi) is 9.54. The van der Waals surface area contributed by atoms with Gasteiger partial charge in [-0.05, 0) is 73.5 Å². The molecule has 3 aromatic rings. The van der Waals surface area contributed by atoms with E-state index in [4.69, 9.17) is 46.4 Å². The molecule has 0 saturated carbocycles. The van der Waals surface area contributed by atoms with Crippen LogP contribution in [0.15, 0.2) is 54.7 Å². The number of aromatic nitrogens is 1. The van der Waals surface area contributed by atoms with E-state index in [0.29, 0.717) is 33.2 Å². The van der Waals surface area contributed by atoms with Crippen LogP contribution >= 0.6 is 46.4 Å². The molecule has 2 fully saturated rings. The molecule has 0 bridgehead atoms. The maximum absolute atomic E-state index is 12.7. The SMILES string of the molecule is O=C(NCc1cc(Cl)cc(Cl)c1)c1cnc(N2CCN(C3CCN(Cc4ccc(Cl)cc4)CC3)CC2)c(Cl)c1. The van der Waals surface area contributed by atoms with Gasteiger partial charge in [0.05, 0.1) is 10.6 Å². The zero-order valence-corrected chi connectivity index (χ0v) is 24.6. The number of hydrogen-bond donors (Lipinski definition) is 1. The molecule has 3 heterocycles. The Labute approximate surface area is 249 Å². The first-order valence-corrected chi connectivity index (χ1v) is 14.7. The van der Waals surface area contributed by atoms with Crippen LogP contribution in [0.4, 0.5) is 5.82 Å². The van der Waals surface area contributed by atoms with Crippen LogP contribution in [0.25, 0.3) is 0 Å². The van der Waals surface area contributed by atoms with Crippen molar-refractivity contribution >= 4 is 58.1 Å². The van der Waals surface area contributed by atoms with Gasteiger partial charge in [0.1, 0.15) is 5.82 Å². The van der Waals surface area contributed by atoms with E-state index in [0.717, 1.165) is 62.2 Å². The number of pyridine rings is 1. The number of carbonyl (C=O) groups is 1. The van der Waals surface area contributed by atoms with Crippen LogP contribution in [0.3, 0.4) is 0 Å². The molecule has 2 saturated heterocycles. The Morgan fingerprint density at radius 3 is 2.13 bits per heavy atom. The van der Waals surface area contributed by atoms with Crippen molar-refractivity contribution in [1.82, 2.24) is 20.1 Å². The number of likely N-dealkylation sites (tertiary alicyclic amines) is 1. The van der Waals surface area contributed by atoms with Gasteiger partial charge in [-0.3, -0.25) is 14.6 Å². The summed E-state index contributed by atoms with van der Waals surface area (Å²) in [7, 11) is 0. The minimum absolute atomic E-state index is 0.251. The molecule has 0 atom stereocenters. The lowest BCUT2D eigenvalue weighted by Crippen LogP contribution is -2.53. The van der Waals surface area contributed by atoms with Crippen molar-refractivity contribution in [2.45, 2.75) is 32.0 Å². The molecule has 206 valence electrons. The number of amides is 1. The van der Waals surface area contributed by atoms with E-state index in [1.54, 1.807) is 30.5 Å². The van der Waals surface area contributed by atoms with Crippen LogP contribution in [0.5, 0.6) is 0 Å². The monoisotopic (exact) mass is 605 g/mol. The first-order valence-electron chi connectivity index (χ1n) is 13.2. The average molecular weight is 607 g/mol. The van der Waals surface area contributed by atoms with Crippen molar-refractivity contribution in [2.24, 2.45) is 0 Å². The summed E-state index contributed by atoms with van der Waals surface area (Å²) in [6.07, 6.45) is 3.94. The normalized spacial score (nSPS) is 17.4. The maximum Gasteiger partial charge on any atom is 0.253 e. The Hall–Kier alpha value is -2.06. The Bertz CT molecular complexity index is 1270. The summed E-state index contributed by atoms with van der Waals surface area (Å²) in [4.78, 5) is 24.6. The fourth-order valence-electron chi connectivity index (χ4n) is 5.37. The molecule has 10 heteroatoms. The molecule has 2 aromatic carbocycles. The number of carbonyl (C=O) groups excluding carboxylic acids is 1. The van der Waals surface area contributed by atoms with E-state index in [2.05, 4.69) is 37.1 Å². The minimum atomic E-state index is -0.251. The molecule has 0 aliphatic carbocycles. The lowest BCUT2D eigenvalue weighted by atomic mass is 10.0. The smallest absolute Gasteiger partial charge is 0.253 e. The van der Waals surface area contributed by atoms with E-state index < -0.39 is 0 Å². The number of nitrogens with zero attached hydrogens (tertiary/aromatic N) is 4. The topological polar surface area (TPSA) is 51.7 Å². The van der Waals surface area contributed by atoms with E-state index in [1.807, 2.05) is 12.1 Å². The highest BCUT2D eigenvalue weighted by Gasteiger charge is 2.28. The third-order valence-corrected chi connectivity index (χ3v) is 8.43. The quantitative estimate of drug-likeness (QED) is 0.337. The molecule has 1 amide bonds. The van der Waals surface area contributed by atoms with Gasteiger partial charge in [-0.15, -0.1) is 0 Å². The van der Waals surface area contributed by atoms with Gasteiger partial charge in [-0.2, -0.15) is 0 Å². The van der Waals surface area contributed by atoms with Crippen LogP contribution in [-0.2, 0) is 13.1 Å². The fraction of sp³-hybridized carbons (Fsp3) is 0.379. The van der Waals surface area contributed by atoms with Gasteiger partial charge in [0, 0.05) is 66.6 Å². The summed E-state index contributed by atoms with van der Waals surface area (Å²) in [5.41, 5.74) is 2.55. The molecule has 0 unspecified atom stereocenters. The molecule has 2 aliphatic heterocycles. The molecule has 6 nitrogen and oxygen atoms in total. The van der Waals surface area contributed by atoms with Crippen molar-refractivity contribution in [3.63, 3.8) is 0 Å². The van der Waals surface area contributed by atoms with Gasteiger partial charge in [0.15, 0.2) is 0 Å². The van der Waals surface area contributed by atoms with Crippen LogP contribution < -0.4 is 10.2 Å². The summed E-state index contributed by atoms with van der Waals surface area (Å²) >= 11 is 24.7. The van der Waals surface area contributed by atoms with Crippen molar-refractivity contribution < 1.29 is 4.79 Å². The van der Waals surface area contributed by atoms with Crippen molar-refractivity contribution in [3.8, 4) is 0 Å². The lowest BCUT2D eigenvalue weighted by molar-refractivity contribution is 0.0950. The fourth-order valence-corrected chi connectivity index (χ4v) is 6.36. The Balaban J connectivity index is 1.09. The minimum Gasteiger partial charge on any atom is -0.353 e. The summed E-state index contributed by atoms with van der Waals surface area (Å²) in [5.74, 6) is 0.478. The summed E-state index contributed by atoms with van der Waals surface area (Å²) in [6.45, 7) is 7.17. The van der Waals surface area contributed by atoms with Gasteiger partial charge in [0.25, 0.3) is 5.91 Å². The Morgan fingerprint density at radius 1 is 0.821 bits per heavy atom. The molecule has 39 heavy (non-hydrogen) atoms. The van der Waals surface area contributed by atoms with Crippen LogP contribution in [-0.4, -0.2) is 66.0 Å². The predicted octanol–water partition coefficient (Wildman–Crippen LogP) is 6.41. The number of anilines is 1. The third kappa shape index (κ3) is 7.57. The molecule has 1 aromatic heterocycles. The number of piperidine rings is 1. The van der Waals surface area contributed by atoms with Gasteiger partial charge in [0.2, 0.25) is 0 Å². The molecule has 0 radical (unpaired) electrons. The zero-order valence-electron chi connectivity index (χ0n) is 21.6. The van der Waals surface area contributed by atoms with Gasteiger partial charge in [-0.1, -0.05) is 58.5 Å². The van der Waals surface area contributed by atoms with Crippen molar-refractivity contribution in [1.29, 1.82) is 0 Å². The molecular formula is C29H31Cl4N5O. The highest BCUT2D eigenvalue weighted by molar-refractivity contribution is 6.34. The molecule has 5 rings (SSSR count). The van der Waals surface area contributed by atoms with E-state index in [9.17, 15) is 4.79 Å². The predicted molar refractivity (Wildman–Crippen MR) is 160 cm³/mol. The molecule has 1 N–H and O–H groups in total. The number of hydrogen-bond acceptors (Lipinski definition) is 5. The number of rotatable bonds is 7. The Morgan fingerprint density at radius 2 is 1.49 bits per heavy atom. The first kappa shape index (κ1) is 28.5. The average Bonchev–Trinajstić information content (AvgIpc) is 2.93. The second-order valence-corrected chi connectivity index (χ2v) is 11.9. The zero-order chi connectivity index (χ0) is 27.4. The van der Waals surface area contributed by atoms with Crippen LogP contribution in [0.2, 0.25) is 20.1 Å². The van der Waals surface area contributed by atoms with Crippen molar-refractivity contribution in [3.05, 3.63) is 91.5 Å². The third-order valence-electron chi connectivity index (χ3n) is 7.47. The van der Waals surface area contributed by atoms with Crippen molar-refractivity contribution in [2.75, 3.05) is 44.2 Å². The van der Waals surface area contributed by atoms with Crippen LogP contribution in [0, 0.1) is 0 Å². The standard InChI is InChI=1S/C29H31Cl4N5O/c30-23-3-1-20(2-4-23)19-36-7-5-26(6-8-36)37-9-11-38(12-10-37)28-27(33)15-22(18-34-28)29(39)35-17-21-13-24(31)16-25(32)14-21/h1-4,13-16,18,26H,5-12,17,19H2,(H,35,39). The van der Waals surface area contributed by atoms with E-state index >= 15 is 0 Å². The number of nitrogens with one attached hydrogen (secondary N) is 1. The second-order valence-electron chi connectivity index (χ2n) is 10.1. The molecule has 0 spiro atoms. The van der Waals surface area contributed by atoms with Gasteiger partial charge >= 0.3 is 0 Å². The highest BCUT2D eigenvalue weighted by atomic mass is 35.5. The number of benzene rings is 2. The molecular weight excluding hydrogens is 576 g/mol. The first-order chi connectivity index (χ1) is 18.8. The van der Waals surface area contributed by atoms with Gasteiger partial charge < -0.3 is 10.2 Å². The highest BCUT2D eigenvalue weighted by Crippen LogP contribution is 2.27. The number of halogens is 4. The largest absolute Gasteiger partial charge is 0.353 e. The van der Waals surface area contributed by atoms with E-state index in [-0.39, 0.29) is 5.91 Å². The summed E-state index contributed by atoms with van der Waals surface area (Å²) in [5, 5.41) is 5.20. The van der Waals surface area contributed by atoms with Crippen LogP contribution in [0.1, 0.15) is 34.3 Å². The lowest BCUT2D eigenvalue weighted by Gasteiger charge is -2.43. The maximum atomic E-state index is 12.7.